The van der Waals surface area contributed by atoms with E-state index in [0.717, 1.165) is 74.1 Å². The van der Waals surface area contributed by atoms with Gasteiger partial charge in [-0.1, -0.05) is 44.7 Å². The molecule has 0 N–H and O–H groups in total. The molecular weight excluding hydrogens is 505 g/mol. The molecule has 40 heavy (non-hydrogen) atoms. The van der Waals surface area contributed by atoms with E-state index in [2.05, 4.69) is 31.2 Å². The lowest BCUT2D eigenvalue weighted by Gasteiger charge is -2.38. The van der Waals surface area contributed by atoms with Gasteiger partial charge in [-0.3, -0.25) is 0 Å². The van der Waals surface area contributed by atoms with E-state index in [1.54, 1.807) is 0 Å². The fourth-order valence-corrected chi connectivity index (χ4v) is 8.27. The molecule has 0 radical (unpaired) electrons. The van der Waals surface area contributed by atoms with E-state index in [9.17, 15) is 13.2 Å². The van der Waals surface area contributed by atoms with Crippen molar-refractivity contribution >= 4 is 0 Å². The molecule has 0 atom stereocenters. The van der Waals surface area contributed by atoms with Gasteiger partial charge in [-0.2, -0.15) is 0 Å². The van der Waals surface area contributed by atoms with Gasteiger partial charge >= 0.3 is 0 Å². The number of ether oxygens (including phenoxy) is 1. The van der Waals surface area contributed by atoms with E-state index >= 15 is 0 Å². The molecule has 0 aliphatic heterocycles. The van der Waals surface area contributed by atoms with Crippen molar-refractivity contribution in [1.29, 1.82) is 0 Å². The lowest BCUT2D eigenvalue weighted by atomic mass is 9.68. The van der Waals surface area contributed by atoms with E-state index < -0.39 is 17.5 Å². The molecular formula is C36H49F3O. The largest absolute Gasteiger partial charge is 0.494 e. The van der Waals surface area contributed by atoms with Gasteiger partial charge in [0.1, 0.15) is 5.75 Å². The molecule has 0 heterocycles. The smallest absolute Gasteiger partial charge is 0.194 e. The zero-order chi connectivity index (χ0) is 27.9. The highest BCUT2D eigenvalue weighted by Crippen LogP contribution is 2.45. The van der Waals surface area contributed by atoms with Crippen LogP contribution in [0.15, 0.2) is 36.4 Å². The highest BCUT2D eigenvalue weighted by Gasteiger charge is 2.32. The number of rotatable bonds is 10. The van der Waals surface area contributed by atoms with Crippen LogP contribution in [0, 0.1) is 41.1 Å². The minimum Gasteiger partial charge on any atom is -0.494 e. The molecule has 220 valence electrons. The van der Waals surface area contributed by atoms with Gasteiger partial charge in [-0.05, 0) is 148 Å². The van der Waals surface area contributed by atoms with Crippen LogP contribution in [0.1, 0.15) is 133 Å². The summed E-state index contributed by atoms with van der Waals surface area (Å²) in [5, 5.41) is 0. The number of hydrogen-bond acceptors (Lipinski definition) is 1. The molecule has 2 aromatic carbocycles. The maximum Gasteiger partial charge on any atom is 0.194 e. The molecule has 3 aliphatic rings. The summed E-state index contributed by atoms with van der Waals surface area (Å²) in [5.41, 5.74) is 2.12. The normalized spacial score (nSPS) is 29.3. The van der Waals surface area contributed by atoms with Gasteiger partial charge in [0.2, 0.25) is 0 Å². The Morgan fingerprint density at radius 3 is 1.73 bits per heavy atom. The van der Waals surface area contributed by atoms with Gasteiger partial charge in [0.05, 0.1) is 6.61 Å². The average Bonchev–Trinajstić information content (AvgIpc) is 2.99. The summed E-state index contributed by atoms with van der Waals surface area (Å²) in [7, 11) is 0. The third kappa shape index (κ3) is 7.65. The minimum atomic E-state index is -1.36. The highest BCUT2D eigenvalue weighted by atomic mass is 19.2. The molecule has 3 aliphatic carbocycles. The summed E-state index contributed by atoms with van der Waals surface area (Å²) in [6.45, 7) is 3.11. The SMILES string of the molecule is CCCC1CCC(c2ccc(OCCCC3CCC([C@H]4CC[C@H](c5cc(F)c(F)c(F)c5)CC4)CC3)cc2)CC1. The minimum absolute atomic E-state index is 0.152. The van der Waals surface area contributed by atoms with Crippen LogP contribution in [0.5, 0.6) is 5.75 Å². The lowest BCUT2D eigenvalue weighted by molar-refractivity contribution is 0.153. The van der Waals surface area contributed by atoms with E-state index in [1.165, 1.54) is 88.3 Å². The van der Waals surface area contributed by atoms with Gasteiger partial charge in [-0.15, -0.1) is 0 Å². The van der Waals surface area contributed by atoms with Crippen molar-refractivity contribution < 1.29 is 17.9 Å². The summed E-state index contributed by atoms with van der Waals surface area (Å²) >= 11 is 0. The van der Waals surface area contributed by atoms with Gasteiger partial charge in [0.15, 0.2) is 17.5 Å². The second-order valence-corrected chi connectivity index (χ2v) is 13.3. The van der Waals surface area contributed by atoms with Crippen LogP contribution >= 0.6 is 0 Å². The van der Waals surface area contributed by atoms with Crippen molar-refractivity contribution in [2.75, 3.05) is 6.61 Å². The number of hydrogen-bond donors (Lipinski definition) is 0. The van der Waals surface area contributed by atoms with E-state index in [1.807, 2.05) is 0 Å². The number of halogens is 3. The Balaban J connectivity index is 0.959. The van der Waals surface area contributed by atoms with Crippen molar-refractivity contribution in [3.05, 3.63) is 65.0 Å². The van der Waals surface area contributed by atoms with Crippen LogP contribution in [0.2, 0.25) is 0 Å². The van der Waals surface area contributed by atoms with Gasteiger partial charge < -0.3 is 4.74 Å². The van der Waals surface area contributed by atoms with Crippen LogP contribution in [-0.2, 0) is 0 Å². The molecule has 0 saturated heterocycles. The maximum atomic E-state index is 13.7. The molecule has 3 saturated carbocycles. The summed E-state index contributed by atoms with van der Waals surface area (Å²) in [4.78, 5) is 0. The Morgan fingerprint density at radius 2 is 1.12 bits per heavy atom. The Bertz CT molecular complexity index is 1020. The van der Waals surface area contributed by atoms with Crippen LogP contribution in [0.3, 0.4) is 0 Å². The van der Waals surface area contributed by atoms with Gasteiger partial charge in [-0.25, -0.2) is 13.2 Å². The Hall–Kier alpha value is -1.97. The molecule has 2 aromatic rings. The van der Waals surface area contributed by atoms with Crippen molar-refractivity contribution in [2.45, 2.75) is 121 Å². The first-order valence-electron chi connectivity index (χ1n) is 16.4. The fraction of sp³-hybridized carbons (Fsp3) is 0.667. The Morgan fingerprint density at radius 1 is 0.625 bits per heavy atom. The molecule has 5 rings (SSSR count). The summed E-state index contributed by atoms with van der Waals surface area (Å²) in [6, 6.07) is 11.4. The summed E-state index contributed by atoms with van der Waals surface area (Å²) in [5.74, 6) is 1.69. The van der Waals surface area contributed by atoms with Crippen LogP contribution in [0.4, 0.5) is 13.2 Å². The fourth-order valence-electron chi connectivity index (χ4n) is 8.27. The van der Waals surface area contributed by atoms with E-state index in [4.69, 9.17) is 4.74 Å². The second-order valence-electron chi connectivity index (χ2n) is 13.3. The molecule has 0 aromatic heterocycles. The Labute approximate surface area is 240 Å². The van der Waals surface area contributed by atoms with Crippen LogP contribution in [0.25, 0.3) is 0 Å². The van der Waals surface area contributed by atoms with Crippen LogP contribution in [-0.4, -0.2) is 6.61 Å². The quantitative estimate of drug-likeness (QED) is 0.210. The molecule has 0 unspecified atom stereocenters. The average molecular weight is 555 g/mol. The number of benzene rings is 2. The zero-order valence-corrected chi connectivity index (χ0v) is 24.5. The zero-order valence-electron chi connectivity index (χ0n) is 24.5. The molecule has 0 bridgehead atoms. The lowest BCUT2D eigenvalue weighted by Crippen LogP contribution is -2.25. The second kappa shape index (κ2) is 14.3. The molecule has 4 heteroatoms. The third-order valence-corrected chi connectivity index (χ3v) is 10.7. The van der Waals surface area contributed by atoms with Crippen LogP contribution < -0.4 is 4.74 Å². The summed E-state index contributed by atoms with van der Waals surface area (Å²) in [6.07, 6.45) is 19.9. The monoisotopic (exact) mass is 554 g/mol. The predicted octanol–water partition coefficient (Wildman–Crippen LogP) is 11.1. The van der Waals surface area contributed by atoms with E-state index in [0.29, 0.717) is 5.56 Å². The van der Waals surface area contributed by atoms with Gasteiger partial charge in [0.25, 0.3) is 0 Å². The first-order valence-corrected chi connectivity index (χ1v) is 16.4. The summed E-state index contributed by atoms with van der Waals surface area (Å²) < 4.78 is 46.8. The molecule has 3 fully saturated rings. The predicted molar refractivity (Wildman–Crippen MR) is 157 cm³/mol. The molecule has 1 nitrogen and oxygen atoms in total. The van der Waals surface area contributed by atoms with Crippen molar-refractivity contribution in [2.24, 2.45) is 23.7 Å². The third-order valence-electron chi connectivity index (χ3n) is 10.7. The van der Waals surface area contributed by atoms with Crippen molar-refractivity contribution in [3.8, 4) is 5.75 Å². The maximum absolute atomic E-state index is 13.7. The van der Waals surface area contributed by atoms with E-state index in [-0.39, 0.29) is 5.92 Å². The van der Waals surface area contributed by atoms with Crippen molar-refractivity contribution in [3.63, 3.8) is 0 Å². The first kappa shape index (κ1) is 29.5. The van der Waals surface area contributed by atoms with Gasteiger partial charge in [0, 0.05) is 0 Å². The Kier molecular flexibility index (Phi) is 10.5. The van der Waals surface area contributed by atoms with Crippen molar-refractivity contribution in [1.82, 2.24) is 0 Å². The standard InChI is InChI=1S/C36H49F3O/c1-2-4-25-6-10-28(11-7-25)30-18-20-33(21-19-30)40-22-3-5-26-8-12-27(13-9-26)29-14-16-31(17-15-29)32-23-34(37)36(39)35(38)24-32/h18-21,23-29,31H,2-17,22H2,1H3/t25?,26?,27?,28?,29-,31-. The molecule has 0 spiro atoms. The first-order chi connectivity index (χ1) is 19.5. The highest BCUT2D eigenvalue weighted by molar-refractivity contribution is 5.29. The topological polar surface area (TPSA) is 9.23 Å². The molecule has 0 amide bonds.